The molecule has 0 aliphatic carbocycles. The van der Waals surface area contributed by atoms with Crippen LogP contribution in [0.4, 0.5) is 0 Å². The van der Waals surface area contributed by atoms with Gasteiger partial charge in [0.1, 0.15) is 6.04 Å². The van der Waals surface area contributed by atoms with Gasteiger partial charge in [0.15, 0.2) is 0 Å². The van der Waals surface area contributed by atoms with Crippen molar-refractivity contribution < 1.29 is 9.59 Å². The van der Waals surface area contributed by atoms with Gasteiger partial charge in [-0.25, -0.2) is 0 Å². The van der Waals surface area contributed by atoms with Gasteiger partial charge in [0.2, 0.25) is 11.8 Å². The molecule has 1 atom stereocenters. The molecule has 0 saturated carbocycles. The number of hydrogen-bond acceptors (Lipinski definition) is 3. The summed E-state index contributed by atoms with van der Waals surface area (Å²) in [5.74, 6) is 0.160. The quantitative estimate of drug-likeness (QED) is 0.651. The summed E-state index contributed by atoms with van der Waals surface area (Å²) in [5, 5.41) is 2.99. The second kappa shape index (κ2) is 10.5. The Bertz CT molecular complexity index is 798. The lowest BCUT2D eigenvalue weighted by molar-refractivity contribution is -0.138. The highest BCUT2D eigenvalue weighted by Gasteiger charge is 2.28. The smallest absolute Gasteiger partial charge is 0.242 e. The van der Waals surface area contributed by atoms with Crippen molar-refractivity contribution in [2.75, 3.05) is 12.3 Å². The minimum Gasteiger partial charge on any atom is -0.350 e. The summed E-state index contributed by atoms with van der Waals surface area (Å²) in [7, 11) is 0. The SMILES string of the molecule is Cc1ccc(SCC(=O)N(CCc2ccccc2)[C@@H](C)C(=O)NC(C)(C)C)cc1. The van der Waals surface area contributed by atoms with E-state index in [4.69, 9.17) is 0 Å². The lowest BCUT2D eigenvalue weighted by atomic mass is 10.1. The zero-order chi connectivity index (χ0) is 21.4. The van der Waals surface area contributed by atoms with Gasteiger partial charge in [-0.2, -0.15) is 0 Å². The Hall–Kier alpha value is -2.27. The molecule has 2 rings (SSSR count). The molecule has 2 aromatic carbocycles. The number of aryl methyl sites for hydroxylation is 1. The highest BCUT2D eigenvalue weighted by molar-refractivity contribution is 8.00. The topological polar surface area (TPSA) is 49.4 Å². The molecule has 0 spiro atoms. The van der Waals surface area contributed by atoms with Crippen LogP contribution in [-0.2, 0) is 16.0 Å². The molecule has 0 aromatic heterocycles. The molecule has 0 unspecified atom stereocenters. The molecule has 5 heteroatoms. The molecule has 4 nitrogen and oxygen atoms in total. The number of carbonyl (C=O) groups excluding carboxylic acids is 2. The van der Waals surface area contributed by atoms with Crippen LogP contribution in [0.3, 0.4) is 0 Å². The Morgan fingerprint density at radius 1 is 1.03 bits per heavy atom. The average Bonchev–Trinajstić information content (AvgIpc) is 2.67. The average molecular weight is 413 g/mol. The van der Waals surface area contributed by atoms with E-state index < -0.39 is 6.04 Å². The maximum Gasteiger partial charge on any atom is 0.242 e. The second-order valence-corrected chi connectivity index (χ2v) is 9.39. The van der Waals surface area contributed by atoms with E-state index in [1.807, 2.05) is 82.3 Å². The summed E-state index contributed by atoms with van der Waals surface area (Å²) < 4.78 is 0. The first-order chi connectivity index (χ1) is 13.7. The van der Waals surface area contributed by atoms with E-state index >= 15 is 0 Å². The molecule has 0 fully saturated rings. The van der Waals surface area contributed by atoms with E-state index in [1.54, 1.807) is 11.8 Å². The highest BCUT2D eigenvalue weighted by atomic mass is 32.2. The van der Waals surface area contributed by atoms with Crippen LogP contribution in [0.25, 0.3) is 0 Å². The zero-order valence-corrected chi connectivity index (χ0v) is 18.9. The standard InChI is InChI=1S/C24H32N2O2S/c1-18-11-13-21(14-12-18)29-17-22(27)26(16-15-20-9-7-6-8-10-20)19(2)23(28)25-24(3,4)5/h6-14,19H,15-17H2,1-5H3,(H,25,28)/t19-/m0/s1. The van der Waals surface area contributed by atoms with Crippen LogP contribution >= 0.6 is 11.8 Å². The minimum atomic E-state index is -0.524. The van der Waals surface area contributed by atoms with Gasteiger partial charge in [0.05, 0.1) is 5.75 Å². The molecule has 0 bridgehead atoms. The van der Waals surface area contributed by atoms with Crippen molar-refractivity contribution >= 4 is 23.6 Å². The molecule has 1 N–H and O–H groups in total. The van der Waals surface area contributed by atoms with Crippen molar-refractivity contribution in [3.63, 3.8) is 0 Å². The van der Waals surface area contributed by atoms with Crippen LogP contribution in [0, 0.1) is 6.92 Å². The number of carbonyl (C=O) groups is 2. The first kappa shape index (κ1) is 23.0. The molecular weight excluding hydrogens is 380 g/mol. The third-order valence-corrected chi connectivity index (χ3v) is 5.53. The lowest BCUT2D eigenvalue weighted by Crippen LogP contribution is -2.53. The van der Waals surface area contributed by atoms with Crippen LogP contribution in [0.1, 0.15) is 38.8 Å². The van der Waals surface area contributed by atoms with Crippen LogP contribution in [-0.4, -0.2) is 40.6 Å². The summed E-state index contributed by atoms with van der Waals surface area (Å²) in [4.78, 5) is 28.5. The van der Waals surface area contributed by atoms with Crippen molar-refractivity contribution in [3.8, 4) is 0 Å². The number of hydrogen-bond donors (Lipinski definition) is 1. The van der Waals surface area contributed by atoms with Crippen LogP contribution in [0.5, 0.6) is 0 Å². The number of benzene rings is 2. The van der Waals surface area contributed by atoms with Gasteiger partial charge >= 0.3 is 0 Å². The summed E-state index contributed by atoms with van der Waals surface area (Å²) in [6, 6.07) is 17.7. The predicted molar refractivity (Wildman–Crippen MR) is 121 cm³/mol. The van der Waals surface area contributed by atoms with Crippen LogP contribution in [0.2, 0.25) is 0 Å². The molecule has 0 saturated heterocycles. The molecule has 0 aliphatic heterocycles. The second-order valence-electron chi connectivity index (χ2n) is 8.34. The summed E-state index contributed by atoms with van der Waals surface area (Å²) in [5.41, 5.74) is 2.01. The van der Waals surface area contributed by atoms with E-state index in [1.165, 1.54) is 17.3 Å². The van der Waals surface area contributed by atoms with Crippen molar-refractivity contribution in [3.05, 3.63) is 65.7 Å². The highest BCUT2D eigenvalue weighted by Crippen LogP contribution is 2.20. The summed E-state index contributed by atoms with van der Waals surface area (Å²) in [6.07, 6.45) is 0.717. The Morgan fingerprint density at radius 2 is 1.66 bits per heavy atom. The maximum absolute atomic E-state index is 13.0. The Labute approximate surface area is 179 Å². The summed E-state index contributed by atoms with van der Waals surface area (Å²) in [6.45, 7) is 10.2. The Morgan fingerprint density at radius 3 is 2.24 bits per heavy atom. The van der Waals surface area contributed by atoms with Crippen molar-refractivity contribution in [1.29, 1.82) is 0 Å². The van der Waals surface area contributed by atoms with Gasteiger partial charge in [0.25, 0.3) is 0 Å². The molecule has 29 heavy (non-hydrogen) atoms. The van der Waals surface area contributed by atoms with Gasteiger partial charge in [0, 0.05) is 17.0 Å². The summed E-state index contributed by atoms with van der Waals surface area (Å²) >= 11 is 1.51. The number of nitrogens with one attached hydrogen (secondary N) is 1. The molecule has 2 aromatic rings. The fourth-order valence-electron chi connectivity index (χ4n) is 2.91. The molecular formula is C24H32N2O2S. The first-order valence-electron chi connectivity index (χ1n) is 10.0. The molecule has 0 radical (unpaired) electrons. The number of amides is 2. The van der Waals surface area contributed by atoms with Crippen molar-refractivity contribution in [2.45, 2.75) is 57.5 Å². The maximum atomic E-state index is 13.0. The van der Waals surface area contributed by atoms with Gasteiger partial charge < -0.3 is 10.2 Å². The lowest BCUT2D eigenvalue weighted by Gasteiger charge is -2.31. The van der Waals surface area contributed by atoms with Gasteiger partial charge in [-0.1, -0.05) is 48.0 Å². The van der Waals surface area contributed by atoms with Crippen molar-refractivity contribution in [2.24, 2.45) is 0 Å². The first-order valence-corrected chi connectivity index (χ1v) is 11.0. The third kappa shape index (κ3) is 7.94. The third-order valence-electron chi connectivity index (χ3n) is 4.53. The molecule has 2 amide bonds. The Balaban J connectivity index is 2.07. The van der Waals surface area contributed by atoms with E-state index in [0.717, 1.165) is 16.9 Å². The predicted octanol–water partition coefficient (Wildman–Crippen LogP) is 4.46. The minimum absolute atomic E-state index is 0.0249. The monoisotopic (exact) mass is 412 g/mol. The van der Waals surface area contributed by atoms with Gasteiger partial charge in [-0.15, -0.1) is 11.8 Å². The van der Waals surface area contributed by atoms with E-state index in [-0.39, 0.29) is 17.4 Å². The number of thioether (sulfide) groups is 1. The fourth-order valence-corrected chi connectivity index (χ4v) is 3.69. The molecule has 0 heterocycles. The molecule has 0 aliphatic rings. The van der Waals surface area contributed by atoms with Crippen molar-refractivity contribution in [1.82, 2.24) is 10.2 Å². The van der Waals surface area contributed by atoms with Gasteiger partial charge in [-0.3, -0.25) is 9.59 Å². The van der Waals surface area contributed by atoms with Crippen LogP contribution in [0.15, 0.2) is 59.5 Å². The normalized spacial score (nSPS) is 12.3. The largest absolute Gasteiger partial charge is 0.350 e. The number of nitrogens with zero attached hydrogens (tertiary/aromatic N) is 1. The molecule has 156 valence electrons. The fraction of sp³-hybridized carbons (Fsp3) is 0.417. The van der Waals surface area contributed by atoms with Crippen LogP contribution < -0.4 is 5.32 Å². The van der Waals surface area contributed by atoms with E-state index in [2.05, 4.69) is 5.32 Å². The number of rotatable bonds is 8. The van der Waals surface area contributed by atoms with E-state index in [0.29, 0.717) is 12.3 Å². The zero-order valence-electron chi connectivity index (χ0n) is 18.1. The Kier molecular flexibility index (Phi) is 8.32. The van der Waals surface area contributed by atoms with Gasteiger partial charge in [-0.05, 0) is 58.7 Å². The van der Waals surface area contributed by atoms with E-state index in [9.17, 15) is 9.59 Å².